The fourth-order valence-corrected chi connectivity index (χ4v) is 1.16. The van der Waals surface area contributed by atoms with Crippen molar-refractivity contribution in [1.82, 2.24) is 0 Å². The smallest absolute Gasteiger partial charge is 0.165 e. The summed E-state index contributed by atoms with van der Waals surface area (Å²) in [4.78, 5) is 0. The normalized spacial score (nSPS) is 12.6. The molecule has 0 amide bonds. The van der Waals surface area contributed by atoms with Crippen molar-refractivity contribution in [3.8, 4) is 5.75 Å². The lowest BCUT2D eigenvalue weighted by Gasteiger charge is -2.08. The van der Waals surface area contributed by atoms with Crippen LogP contribution in [0.15, 0.2) is 18.2 Å². The van der Waals surface area contributed by atoms with Crippen LogP contribution in [0.3, 0.4) is 0 Å². The Kier molecular flexibility index (Phi) is 3.51. The SMILES string of the molecule is COc1ccc([C@@H](O)CCl)cc1F. The van der Waals surface area contributed by atoms with Crippen LogP contribution in [0.25, 0.3) is 0 Å². The van der Waals surface area contributed by atoms with E-state index < -0.39 is 11.9 Å². The molecule has 0 saturated carbocycles. The highest BCUT2D eigenvalue weighted by molar-refractivity contribution is 6.18. The van der Waals surface area contributed by atoms with Crippen LogP contribution in [-0.2, 0) is 0 Å². The maximum absolute atomic E-state index is 13.1. The summed E-state index contributed by atoms with van der Waals surface area (Å²) in [6.45, 7) is 0. The van der Waals surface area contributed by atoms with Crippen LogP contribution in [0, 0.1) is 5.82 Å². The summed E-state index contributed by atoms with van der Waals surface area (Å²) in [5.74, 6) is -0.291. The minimum atomic E-state index is -0.831. The van der Waals surface area contributed by atoms with Gasteiger partial charge in [0.05, 0.1) is 19.1 Å². The minimum Gasteiger partial charge on any atom is -0.494 e. The van der Waals surface area contributed by atoms with E-state index >= 15 is 0 Å². The lowest BCUT2D eigenvalue weighted by molar-refractivity contribution is 0.202. The maximum atomic E-state index is 13.1. The van der Waals surface area contributed by atoms with Crippen LogP contribution in [0.4, 0.5) is 4.39 Å². The molecule has 72 valence electrons. The molecule has 0 bridgehead atoms. The molecule has 0 heterocycles. The molecule has 1 rings (SSSR count). The monoisotopic (exact) mass is 204 g/mol. The maximum Gasteiger partial charge on any atom is 0.165 e. The second kappa shape index (κ2) is 4.44. The van der Waals surface area contributed by atoms with Crippen molar-refractivity contribution in [3.05, 3.63) is 29.6 Å². The number of halogens is 2. The van der Waals surface area contributed by atoms with E-state index in [9.17, 15) is 9.50 Å². The van der Waals surface area contributed by atoms with Crippen molar-refractivity contribution >= 4 is 11.6 Å². The van der Waals surface area contributed by atoms with Crippen molar-refractivity contribution in [2.45, 2.75) is 6.10 Å². The molecular formula is C9H10ClFO2. The predicted octanol–water partition coefficient (Wildman–Crippen LogP) is 2.11. The zero-order chi connectivity index (χ0) is 9.84. The Bertz CT molecular complexity index is 291. The summed E-state index contributed by atoms with van der Waals surface area (Å²) in [6, 6.07) is 4.25. The Labute approximate surface area is 80.9 Å². The summed E-state index contributed by atoms with van der Waals surface area (Å²) in [5.41, 5.74) is 0.452. The molecule has 0 fully saturated rings. The van der Waals surface area contributed by atoms with Crippen LogP contribution < -0.4 is 4.74 Å². The highest BCUT2D eigenvalue weighted by atomic mass is 35.5. The first-order valence-corrected chi connectivity index (χ1v) is 4.30. The highest BCUT2D eigenvalue weighted by Gasteiger charge is 2.09. The summed E-state index contributed by atoms with van der Waals surface area (Å²) >= 11 is 5.41. The number of rotatable bonds is 3. The summed E-state index contributed by atoms with van der Waals surface area (Å²) in [6.07, 6.45) is -0.831. The summed E-state index contributed by atoms with van der Waals surface area (Å²) < 4.78 is 17.8. The number of hydrogen-bond acceptors (Lipinski definition) is 2. The van der Waals surface area contributed by atoms with Gasteiger partial charge in [-0.2, -0.15) is 0 Å². The third kappa shape index (κ3) is 2.32. The van der Waals surface area contributed by atoms with Crippen molar-refractivity contribution in [2.75, 3.05) is 13.0 Å². The molecule has 0 aromatic heterocycles. The number of alkyl halides is 1. The predicted molar refractivity (Wildman–Crippen MR) is 48.6 cm³/mol. The highest BCUT2D eigenvalue weighted by Crippen LogP contribution is 2.22. The van der Waals surface area contributed by atoms with Gasteiger partial charge < -0.3 is 9.84 Å². The molecule has 4 heteroatoms. The number of aliphatic hydroxyl groups is 1. The minimum absolute atomic E-state index is 0.0474. The van der Waals surface area contributed by atoms with Gasteiger partial charge in [0.15, 0.2) is 11.6 Å². The van der Waals surface area contributed by atoms with E-state index in [0.29, 0.717) is 5.56 Å². The van der Waals surface area contributed by atoms with Crippen LogP contribution in [0.2, 0.25) is 0 Å². The number of hydrogen-bond donors (Lipinski definition) is 1. The van der Waals surface area contributed by atoms with Crippen LogP contribution in [-0.4, -0.2) is 18.1 Å². The van der Waals surface area contributed by atoms with Gasteiger partial charge in [-0.1, -0.05) is 6.07 Å². The van der Waals surface area contributed by atoms with E-state index in [4.69, 9.17) is 16.3 Å². The van der Waals surface area contributed by atoms with Gasteiger partial charge >= 0.3 is 0 Å². The van der Waals surface area contributed by atoms with E-state index in [-0.39, 0.29) is 11.6 Å². The fourth-order valence-electron chi connectivity index (χ4n) is 0.979. The van der Waals surface area contributed by atoms with Gasteiger partial charge in [0.25, 0.3) is 0 Å². The molecule has 1 aromatic rings. The van der Waals surface area contributed by atoms with Gasteiger partial charge in [-0.05, 0) is 17.7 Å². The largest absolute Gasteiger partial charge is 0.494 e. The van der Waals surface area contributed by atoms with Crippen molar-refractivity contribution < 1.29 is 14.2 Å². The molecule has 13 heavy (non-hydrogen) atoms. The average Bonchev–Trinajstić information content (AvgIpc) is 2.16. The summed E-state index contributed by atoms with van der Waals surface area (Å²) in [7, 11) is 1.38. The van der Waals surface area contributed by atoms with Crippen molar-refractivity contribution in [2.24, 2.45) is 0 Å². The zero-order valence-electron chi connectivity index (χ0n) is 7.13. The van der Waals surface area contributed by atoms with Crippen molar-refractivity contribution in [1.29, 1.82) is 0 Å². The Balaban J connectivity index is 2.95. The molecule has 0 radical (unpaired) electrons. The molecule has 0 aliphatic heterocycles. The Morgan fingerprint density at radius 1 is 1.62 bits per heavy atom. The molecule has 0 aliphatic carbocycles. The third-order valence-corrected chi connectivity index (χ3v) is 2.00. The van der Waals surface area contributed by atoms with Crippen LogP contribution in [0.5, 0.6) is 5.75 Å². The lowest BCUT2D eigenvalue weighted by atomic mass is 10.1. The molecular weight excluding hydrogens is 195 g/mol. The van der Waals surface area contributed by atoms with E-state index in [1.54, 1.807) is 6.07 Å². The fraction of sp³-hybridized carbons (Fsp3) is 0.333. The number of benzene rings is 1. The quantitative estimate of drug-likeness (QED) is 0.765. The summed E-state index contributed by atoms with van der Waals surface area (Å²) in [5, 5.41) is 9.28. The van der Waals surface area contributed by atoms with E-state index in [2.05, 4.69) is 0 Å². The Morgan fingerprint density at radius 2 is 2.31 bits per heavy atom. The lowest BCUT2D eigenvalue weighted by Crippen LogP contribution is -1.99. The zero-order valence-corrected chi connectivity index (χ0v) is 7.88. The molecule has 1 atom stereocenters. The van der Waals surface area contributed by atoms with E-state index in [0.717, 1.165) is 0 Å². The van der Waals surface area contributed by atoms with E-state index in [1.807, 2.05) is 0 Å². The molecule has 0 spiro atoms. The molecule has 0 unspecified atom stereocenters. The Hall–Kier alpha value is -0.800. The van der Waals surface area contributed by atoms with Gasteiger partial charge in [-0.3, -0.25) is 0 Å². The Morgan fingerprint density at radius 3 is 2.77 bits per heavy atom. The third-order valence-electron chi connectivity index (χ3n) is 1.71. The van der Waals surface area contributed by atoms with Crippen molar-refractivity contribution in [3.63, 3.8) is 0 Å². The van der Waals surface area contributed by atoms with Gasteiger partial charge in [-0.15, -0.1) is 11.6 Å². The second-order valence-electron chi connectivity index (χ2n) is 2.56. The first-order valence-electron chi connectivity index (χ1n) is 3.76. The van der Waals surface area contributed by atoms with Gasteiger partial charge in [0.1, 0.15) is 0 Å². The number of aliphatic hydroxyl groups excluding tert-OH is 1. The standard InChI is InChI=1S/C9H10ClFO2/c1-13-9-3-2-6(4-7(9)11)8(12)5-10/h2-4,8,12H,5H2,1H3/t8-/m0/s1. The second-order valence-corrected chi connectivity index (χ2v) is 2.87. The average molecular weight is 205 g/mol. The number of ether oxygens (including phenoxy) is 1. The molecule has 0 aliphatic rings. The van der Waals surface area contributed by atoms with E-state index in [1.165, 1.54) is 19.2 Å². The van der Waals surface area contributed by atoms with Crippen LogP contribution in [0.1, 0.15) is 11.7 Å². The topological polar surface area (TPSA) is 29.5 Å². The first-order chi connectivity index (χ1) is 6.19. The molecule has 1 aromatic carbocycles. The van der Waals surface area contributed by atoms with Gasteiger partial charge in [-0.25, -0.2) is 4.39 Å². The van der Waals surface area contributed by atoms with Crippen LogP contribution >= 0.6 is 11.6 Å². The molecule has 1 N–H and O–H groups in total. The number of methoxy groups -OCH3 is 1. The van der Waals surface area contributed by atoms with Gasteiger partial charge in [0, 0.05) is 0 Å². The molecule has 0 saturated heterocycles. The first kappa shape index (κ1) is 10.3. The molecule has 2 nitrogen and oxygen atoms in total. The van der Waals surface area contributed by atoms with Gasteiger partial charge in [0.2, 0.25) is 0 Å².